The Kier molecular flexibility index (Phi) is 4.15. The molecule has 90 valence electrons. The third kappa shape index (κ3) is 3.08. The predicted molar refractivity (Wildman–Crippen MR) is 62.7 cm³/mol. The number of hydrogen-bond acceptors (Lipinski definition) is 4. The lowest BCUT2D eigenvalue weighted by atomic mass is 10.3. The first-order chi connectivity index (χ1) is 7.36. The number of nitrogens with two attached hydrogens (primary N) is 1. The van der Waals surface area contributed by atoms with Crippen LogP contribution in [-0.2, 0) is 10.0 Å². The van der Waals surface area contributed by atoms with Gasteiger partial charge in [-0.15, -0.1) is 0 Å². The van der Waals surface area contributed by atoms with Crippen LogP contribution in [0.2, 0.25) is 5.02 Å². The molecule has 0 amide bonds. The van der Waals surface area contributed by atoms with E-state index in [1.807, 2.05) is 0 Å². The molecule has 16 heavy (non-hydrogen) atoms. The molecule has 0 aromatic heterocycles. The lowest BCUT2D eigenvalue weighted by molar-refractivity contribution is 0.265. The Bertz CT molecular complexity index is 476. The van der Waals surface area contributed by atoms with E-state index in [9.17, 15) is 8.42 Å². The Balaban J connectivity index is 3.12. The summed E-state index contributed by atoms with van der Waals surface area (Å²) in [6, 6.07) is 3.61. The number of nitrogens with one attached hydrogen (secondary N) is 1. The van der Waals surface area contributed by atoms with Gasteiger partial charge >= 0.3 is 0 Å². The van der Waals surface area contributed by atoms with Crippen molar-refractivity contribution < 1.29 is 13.5 Å². The third-order valence-electron chi connectivity index (χ3n) is 1.87. The van der Waals surface area contributed by atoms with Crippen LogP contribution in [0.25, 0.3) is 0 Å². The molecule has 0 spiro atoms. The maximum atomic E-state index is 11.8. The average Bonchev–Trinajstić information content (AvgIpc) is 2.20. The third-order valence-corrected chi connectivity index (χ3v) is 3.95. The molecule has 0 aliphatic carbocycles. The second-order valence-electron chi connectivity index (χ2n) is 3.39. The van der Waals surface area contributed by atoms with Gasteiger partial charge in [-0.05, 0) is 25.1 Å². The molecule has 1 aromatic carbocycles. The second-order valence-corrected chi connectivity index (χ2v) is 5.48. The molecule has 0 heterocycles. The lowest BCUT2D eigenvalue weighted by Crippen LogP contribution is -2.35. The van der Waals surface area contributed by atoms with E-state index in [-0.39, 0.29) is 16.5 Å². The lowest BCUT2D eigenvalue weighted by Gasteiger charge is -2.12. The molecule has 0 fully saturated rings. The number of anilines is 1. The maximum absolute atomic E-state index is 11.8. The summed E-state index contributed by atoms with van der Waals surface area (Å²) in [4.78, 5) is -0.0885. The van der Waals surface area contributed by atoms with E-state index in [4.69, 9.17) is 22.4 Å². The molecule has 0 radical (unpaired) electrons. The van der Waals surface area contributed by atoms with Gasteiger partial charge in [-0.1, -0.05) is 11.6 Å². The second kappa shape index (κ2) is 5.01. The van der Waals surface area contributed by atoms with E-state index in [2.05, 4.69) is 4.72 Å². The molecule has 0 bridgehead atoms. The molecule has 0 saturated carbocycles. The minimum Gasteiger partial charge on any atom is -0.399 e. The monoisotopic (exact) mass is 264 g/mol. The maximum Gasteiger partial charge on any atom is 0.242 e. The summed E-state index contributed by atoms with van der Waals surface area (Å²) in [6.45, 7) is 1.25. The zero-order chi connectivity index (χ0) is 12.3. The Morgan fingerprint density at radius 1 is 1.56 bits per heavy atom. The van der Waals surface area contributed by atoms with Crippen LogP contribution in [-0.4, -0.2) is 26.2 Å². The van der Waals surface area contributed by atoms with Crippen LogP contribution in [0.1, 0.15) is 6.92 Å². The Labute approximate surface area is 99.3 Å². The van der Waals surface area contributed by atoms with Gasteiger partial charge in [0, 0.05) is 11.7 Å². The molecule has 4 N–H and O–H groups in total. The van der Waals surface area contributed by atoms with E-state index < -0.39 is 16.1 Å². The molecule has 0 aliphatic rings. The molecule has 5 nitrogen and oxygen atoms in total. The molecule has 1 unspecified atom stereocenters. The minimum atomic E-state index is -3.75. The van der Waals surface area contributed by atoms with Crippen LogP contribution in [0.3, 0.4) is 0 Å². The summed E-state index contributed by atoms with van der Waals surface area (Å²) in [5, 5.41) is 8.87. The quantitative estimate of drug-likeness (QED) is 0.694. The van der Waals surface area contributed by atoms with E-state index in [0.29, 0.717) is 5.69 Å². The van der Waals surface area contributed by atoms with Crippen molar-refractivity contribution in [2.45, 2.75) is 17.9 Å². The zero-order valence-electron chi connectivity index (χ0n) is 8.64. The highest BCUT2D eigenvalue weighted by Gasteiger charge is 2.20. The van der Waals surface area contributed by atoms with Gasteiger partial charge in [0.25, 0.3) is 0 Å². The smallest absolute Gasteiger partial charge is 0.242 e. The fraction of sp³-hybridized carbons (Fsp3) is 0.333. The summed E-state index contributed by atoms with van der Waals surface area (Å²) in [7, 11) is -3.75. The van der Waals surface area contributed by atoms with Crippen molar-refractivity contribution in [1.82, 2.24) is 4.72 Å². The van der Waals surface area contributed by atoms with Crippen molar-refractivity contribution in [3.63, 3.8) is 0 Å². The Hall–Kier alpha value is -0.820. The van der Waals surface area contributed by atoms with Crippen LogP contribution in [0.5, 0.6) is 0 Å². The van der Waals surface area contributed by atoms with Crippen LogP contribution in [0, 0.1) is 0 Å². The number of rotatable bonds is 4. The standard InChI is InChI=1S/C9H13ClN2O3S/c1-6(5-13)12-16(14,15)9-4-7(11)2-3-8(9)10/h2-4,6,12-13H,5,11H2,1H3. The first kappa shape index (κ1) is 13.2. The highest BCUT2D eigenvalue weighted by atomic mass is 35.5. The van der Waals surface area contributed by atoms with Crippen molar-refractivity contribution in [2.75, 3.05) is 12.3 Å². The molecule has 1 rings (SSSR count). The topological polar surface area (TPSA) is 92.4 Å². The van der Waals surface area contributed by atoms with Crippen LogP contribution >= 0.6 is 11.6 Å². The Morgan fingerprint density at radius 3 is 2.75 bits per heavy atom. The summed E-state index contributed by atoms with van der Waals surface area (Å²) < 4.78 is 25.9. The number of sulfonamides is 1. The number of aliphatic hydroxyl groups is 1. The minimum absolute atomic E-state index is 0.0885. The van der Waals surface area contributed by atoms with Gasteiger partial charge in [0.1, 0.15) is 4.90 Å². The van der Waals surface area contributed by atoms with E-state index in [1.54, 1.807) is 0 Å². The zero-order valence-corrected chi connectivity index (χ0v) is 10.2. The van der Waals surface area contributed by atoms with Gasteiger partial charge in [0.2, 0.25) is 10.0 Å². The first-order valence-electron chi connectivity index (χ1n) is 4.55. The normalized spacial score (nSPS) is 13.7. The number of nitrogen functional groups attached to an aromatic ring is 1. The fourth-order valence-corrected chi connectivity index (χ4v) is 2.86. The van der Waals surface area contributed by atoms with Gasteiger partial charge in [-0.25, -0.2) is 13.1 Å². The molecule has 1 aromatic rings. The number of benzene rings is 1. The van der Waals surface area contributed by atoms with Gasteiger partial charge in [-0.3, -0.25) is 0 Å². The molecule has 0 saturated heterocycles. The largest absolute Gasteiger partial charge is 0.399 e. The van der Waals surface area contributed by atoms with Crippen molar-refractivity contribution in [1.29, 1.82) is 0 Å². The van der Waals surface area contributed by atoms with Gasteiger partial charge < -0.3 is 10.8 Å². The van der Waals surface area contributed by atoms with E-state index >= 15 is 0 Å². The number of aliphatic hydroxyl groups excluding tert-OH is 1. The van der Waals surface area contributed by atoms with Crippen molar-refractivity contribution in [3.05, 3.63) is 23.2 Å². The number of halogens is 1. The summed E-state index contributed by atoms with van der Waals surface area (Å²) in [6.07, 6.45) is 0. The summed E-state index contributed by atoms with van der Waals surface area (Å²) >= 11 is 5.77. The van der Waals surface area contributed by atoms with Gasteiger partial charge in [0.05, 0.1) is 11.6 Å². The summed E-state index contributed by atoms with van der Waals surface area (Å²) in [5.74, 6) is 0. The van der Waals surface area contributed by atoms with Crippen molar-refractivity contribution in [3.8, 4) is 0 Å². The van der Waals surface area contributed by atoms with E-state index in [0.717, 1.165) is 0 Å². The molecular formula is C9H13ClN2O3S. The van der Waals surface area contributed by atoms with Gasteiger partial charge in [-0.2, -0.15) is 0 Å². The van der Waals surface area contributed by atoms with Crippen LogP contribution in [0.15, 0.2) is 23.1 Å². The highest BCUT2D eigenvalue weighted by Crippen LogP contribution is 2.23. The van der Waals surface area contributed by atoms with Crippen LogP contribution in [0.4, 0.5) is 5.69 Å². The highest BCUT2D eigenvalue weighted by molar-refractivity contribution is 7.89. The van der Waals surface area contributed by atoms with E-state index in [1.165, 1.54) is 25.1 Å². The SMILES string of the molecule is CC(CO)NS(=O)(=O)c1cc(N)ccc1Cl. The van der Waals surface area contributed by atoms with Crippen LogP contribution < -0.4 is 10.5 Å². The molecule has 7 heteroatoms. The van der Waals surface area contributed by atoms with Gasteiger partial charge in [0.15, 0.2) is 0 Å². The predicted octanol–water partition coefficient (Wildman–Crippen LogP) is 0.581. The molecular weight excluding hydrogens is 252 g/mol. The average molecular weight is 265 g/mol. The first-order valence-corrected chi connectivity index (χ1v) is 6.41. The van der Waals surface area contributed by atoms with Crippen molar-refractivity contribution in [2.24, 2.45) is 0 Å². The molecule has 0 aliphatic heterocycles. The summed E-state index contributed by atoms with van der Waals surface area (Å²) in [5.41, 5.74) is 5.79. The van der Waals surface area contributed by atoms with Crippen molar-refractivity contribution >= 4 is 27.3 Å². The molecule has 1 atom stereocenters. The number of hydrogen-bond donors (Lipinski definition) is 3. The Morgan fingerprint density at radius 2 is 2.19 bits per heavy atom. The fourth-order valence-electron chi connectivity index (χ4n) is 1.09.